The molecular weight excluding hydrogens is 498 g/mol. The van der Waals surface area contributed by atoms with Crippen LogP contribution in [0.15, 0.2) is 59.3 Å². The lowest BCUT2D eigenvalue weighted by Gasteiger charge is -2.30. The van der Waals surface area contributed by atoms with Crippen molar-refractivity contribution < 1.29 is 15.0 Å². The van der Waals surface area contributed by atoms with Crippen LogP contribution in [0, 0.1) is 5.92 Å². The minimum absolute atomic E-state index is 0.111. The van der Waals surface area contributed by atoms with Gasteiger partial charge in [-0.25, -0.2) is 9.78 Å². The molecule has 1 aromatic carbocycles. The zero-order valence-corrected chi connectivity index (χ0v) is 19.9. The van der Waals surface area contributed by atoms with E-state index in [-0.39, 0.29) is 11.8 Å². The van der Waals surface area contributed by atoms with Crippen molar-refractivity contribution in [2.24, 2.45) is 5.92 Å². The molecule has 5 rings (SSSR count). The van der Waals surface area contributed by atoms with Crippen LogP contribution in [0.5, 0.6) is 0 Å². The molecule has 9 heteroatoms. The second kappa shape index (κ2) is 9.15. The molecule has 3 heterocycles. The van der Waals surface area contributed by atoms with Crippen molar-refractivity contribution in [3.8, 4) is 22.4 Å². The second-order valence-corrected chi connectivity index (χ2v) is 9.48. The van der Waals surface area contributed by atoms with Gasteiger partial charge in [0.1, 0.15) is 5.82 Å². The predicted molar refractivity (Wildman–Crippen MR) is 132 cm³/mol. The van der Waals surface area contributed by atoms with Gasteiger partial charge in [-0.05, 0) is 53.6 Å². The van der Waals surface area contributed by atoms with Crippen molar-refractivity contribution in [3.63, 3.8) is 0 Å². The quantitative estimate of drug-likeness (QED) is 0.352. The van der Waals surface area contributed by atoms with Crippen LogP contribution < -0.4 is 5.73 Å². The van der Waals surface area contributed by atoms with Crippen LogP contribution in [-0.2, 0) is 4.79 Å². The molecule has 1 atom stereocenters. The maximum absolute atomic E-state index is 11.1. The average molecular weight is 522 g/mol. The normalized spacial score (nSPS) is 19.2. The summed E-state index contributed by atoms with van der Waals surface area (Å²) in [5.41, 5.74) is 11.6. The molecule has 0 unspecified atom stereocenters. The molecule has 0 amide bonds. The van der Waals surface area contributed by atoms with Crippen LogP contribution in [0.2, 0.25) is 0 Å². The number of nitrogens with two attached hydrogens (primary N) is 1. The number of carboxylic acids is 1. The van der Waals surface area contributed by atoms with E-state index in [0.29, 0.717) is 28.8 Å². The number of hydrogen-bond donors (Lipinski definition) is 3. The summed E-state index contributed by atoms with van der Waals surface area (Å²) in [5.74, 6) is -0.828. The molecular formula is C25H24BrN5O3. The maximum atomic E-state index is 11.1. The summed E-state index contributed by atoms with van der Waals surface area (Å²) in [6.45, 7) is 0. The molecule has 0 aliphatic heterocycles. The molecule has 0 spiro atoms. The number of rotatable bonds is 5. The van der Waals surface area contributed by atoms with E-state index in [1.54, 1.807) is 10.7 Å². The number of carbonyl (C=O) groups is 1. The Bertz CT molecular complexity index is 1330. The van der Waals surface area contributed by atoms with Gasteiger partial charge in [0.25, 0.3) is 0 Å². The number of pyridine rings is 1. The van der Waals surface area contributed by atoms with Crippen LogP contribution in [0.25, 0.3) is 28.0 Å². The summed E-state index contributed by atoms with van der Waals surface area (Å²) < 4.78 is 2.32. The lowest BCUT2D eigenvalue weighted by Crippen LogP contribution is -2.32. The van der Waals surface area contributed by atoms with Crippen LogP contribution in [-0.4, -0.2) is 41.9 Å². The molecule has 1 fully saturated rings. The highest BCUT2D eigenvalue weighted by Crippen LogP contribution is 2.41. The first-order valence-electron chi connectivity index (χ1n) is 11.2. The molecule has 8 nitrogen and oxygen atoms in total. The molecule has 34 heavy (non-hydrogen) atoms. The Labute approximate surface area is 204 Å². The monoisotopic (exact) mass is 521 g/mol. The minimum Gasteiger partial charge on any atom is -0.479 e. The Morgan fingerprint density at radius 2 is 1.79 bits per heavy atom. The van der Waals surface area contributed by atoms with Crippen molar-refractivity contribution in [1.29, 1.82) is 0 Å². The van der Waals surface area contributed by atoms with Gasteiger partial charge < -0.3 is 15.9 Å². The molecule has 4 aromatic rings. The van der Waals surface area contributed by atoms with Gasteiger partial charge in [-0.15, -0.1) is 0 Å². The number of aliphatic hydroxyl groups excluding tert-OH is 1. The number of anilines is 1. The molecule has 174 valence electrons. The van der Waals surface area contributed by atoms with Crippen LogP contribution in [0.1, 0.15) is 37.3 Å². The number of benzene rings is 1. The third-order valence-corrected chi connectivity index (χ3v) is 7.46. The Morgan fingerprint density at radius 1 is 1.06 bits per heavy atom. The Morgan fingerprint density at radius 3 is 2.44 bits per heavy atom. The van der Waals surface area contributed by atoms with Gasteiger partial charge in [0.2, 0.25) is 0 Å². The summed E-state index contributed by atoms with van der Waals surface area (Å²) in [5, 5.41) is 23.5. The SMILES string of the molecule is Nc1c(Br)c([C@H]2CC[C@H]([C@@H](O)C(=O)O)CC2)nc2c(-c3ccc(-c4ccccc4)nc3)cnn12. The van der Waals surface area contributed by atoms with Crippen molar-refractivity contribution in [3.05, 3.63) is 65.0 Å². The zero-order valence-electron chi connectivity index (χ0n) is 18.3. The summed E-state index contributed by atoms with van der Waals surface area (Å²) in [7, 11) is 0. The van der Waals surface area contributed by atoms with E-state index in [9.17, 15) is 9.90 Å². The molecule has 0 saturated heterocycles. The fourth-order valence-corrected chi connectivity index (χ4v) is 5.31. The zero-order chi connectivity index (χ0) is 23.8. The van der Waals surface area contributed by atoms with Gasteiger partial charge >= 0.3 is 5.97 Å². The van der Waals surface area contributed by atoms with Gasteiger partial charge in [-0.1, -0.05) is 36.4 Å². The number of fused-ring (bicyclic) bond motifs is 1. The highest BCUT2D eigenvalue weighted by atomic mass is 79.9. The van der Waals surface area contributed by atoms with Crippen molar-refractivity contribution >= 4 is 33.4 Å². The first-order valence-corrected chi connectivity index (χ1v) is 12.0. The van der Waals surface area contributed by atoms with Crippen LogP contribution >= 0.6 is 15.9 Å². The highest BCUT2D eigenvalue weighted by molar-refractivity contribution is 9.10. The largest absolute Gasteiger partial charge is 0.479 e. The highest BCUT2D eigenvalue weighted by Gasteiger charge is 2.33. The van der Waals surface area contributed by atoms with E-state index < -0.39 is 12.1 Å². The van der Waals surface area contributed by atoms with Gasteiger partial charge in [0.15, 0.2) is 11.8 Å². The number of aliphatic hydroxyl groups is 1. The number of carboxylic acid groups (broad SMARTS) is 1. The Kier molecular flexibility index (Phi) is 6.05. The molecule has 3 aromatic heterocycles. The van der Waals surface area contributed by atoms with Gasteiger partial charge in [0, 0.05) is 28.8 Å². The minimum atomic E-state index is -1.32. The second-order valence-electron chi connectivity index (χ2n) is 8.68. The molecule has 1 aliphatic rings. The van der Waals surface area contributed by atoms with E-state index in [4.69, 9.17) is 15.8 Å². The third kappa shape index (κ3) is 4.05. The van der Waals surface area contributed by atoms with Crippen molar-refractivity contribution in [2.75, 3.05) is 5.73 Å². The first-order chi connectivity index (χ1) is 16.4. The molecule has 0 radical (unpaired) electrons. The fourth-order valence-electron chi connectivity index (χ4n) is 4.73. The van der Waals surface area contributed by atoms with Crippen molar-refractivity contribution in [1.82, 2.24) is 19.6 Å². The topological polar surface area (TPSA) is 127 Å². The number of hydrogen-bond acceptors (Lipinski definition) is 6. The van der Waals surface area contributed by atoms with Gasteiger partial charge in [-0.2, -0.15) is 9.61 Å². The fraction of sp³-hybridized carbons (Fsp3) is 0.280. The summed E-state index contributed by atoms with van der Waals surface area (Å²) in [4.78, 5) is 20.7. The van der Waals surface area contributed by atoms with Crippen molar-refractivity contribution in [2.45, 2.75) is 37.7 Å². The van der Waals surface area contributed by atoms with E-state index in [1.165, 1.54) is 0 Å². The lowest BCUT2D eigenvalue weighted by atomic mass is 9.78. The summed E-state index contributed by atoms with van der Waals surface area (Å²) in [6.07, 6.45) is 4.94. The van der Waals surface area contributed by atoms with Crippen LogP contribution in [0.3, 0.4) is 0 Å². The summed E-state index contributed by atoms with van der Waals surface area (Å²) >= 11 is 3.60. The standard InChI is InChI=1S/C25H24BrN5O3/c26-20-21(15-6-8-16(9-7-15)22(32)25(33)34)30-24-18(13-29-31(24)23(20)27)17-10-11-19(28-12-17)14-4-2-1-3-5-14/h1-5,10-13,15-16,22,32H,6-9,27H2,(H,33,34)/t15-,16-,22-/m1/s1. The van der Waals surface area contributed by atoms with E-state index in [2.05, 4.69) is 26.0 Å². The average Bonchev–Trinajstić information content (AvgIpc) is 3.30. The molecule has 0 bridgehead atoms. The van der Waals surface area contributed by atoms with E-state index in [0.717, 1.165) is 40.9 Å². The molecule has 4 N–H and O–H groups in total. The Balaban J connectivity index is 1.46. The third-order valence-electron chi connectivity index (χ3n) is 6.65. The number of nitrogen functional groups attached to an aromatic ring is 1. The smallest absolute Gasteiger partial charge is 0.332 e. The Hall–Kier alpha value is -3.30. The first kappa shape index (κ1) is 22.5. The number of halogens is 1. The summed E-state index contributed by atoms with van der Waals surface area (Å²) in [6, 6.07) is 14.0. The van der Waals surface area contributed by atoms with Gasteiger partial charge in [0.05, 0.1) is 22.1 Å². The maximum Gasteiger partial charge on any atom is 0.332 e. The molecule has 1 saturated carbocycles. The molecule has 1 aliphatic carbocycles. The number of nitrogens with zero attached hydrogens (tertiary/aromatic N) is 4. The number of aromatic nitrogens is 4. The van der Waals surface area contributed by atoms with E-state index >= 15 is 0 Å². The predicted octanol–water partition coefficient (Wildman–Crippen LogP) is 4.52. The van der Waals surface area contributed by atoms with Gasteiger partial charge in [-0.3, -0.25) is 4.98 Å². The lowest BCUT2D eigenvalue weighted by molar-refractivity contribution is -0.150. The van der Waals surface area contributed by atoms with E-state index in [1.807, 2.05) is 48.7 Å². The number of aliphatic carboxylic acids is 1. The van der Waals surface area contributed by atoms with Crippen LogP contribution in [0.4, 0.5) is 5.82 Å².